The van der Waals surface area contributed by atoms with E-state index in [0.29, 0.717) is 6.54 Å². The minimum absolute atomic E-state index is 0.101. The summed E-state index contributed by atoms with van der Waals surface area (Å²) in [4.78, 5) is 48.2. The van der Waals surface area contributed by atoms with E-state index in [9.17, 15) is 19.2 Å². The number of amides is 4. The molecule has 164 valence electrons. The highest BCUT2D eigenvalue weighted by Crippen LogP contribution is 2.21. The summed E-state index contributed by atoms with van der Waals surface area (Å²) in [6.07, 6.45) is 0.125. The molecule has 0 unspecified atom stereocenters. The molecule has 3 aromatic rings. The summed E-state index contributed by atoms with van der Waals surface area (Å²) in [6.45, 7) is 1.43. The average Bonchev–Trinajstić information content (AvgIpc) is 2.78. The van der Waals surface area contributed by atoms with E-state index in [-0.39, 0.29) is 23.6 Å². The second-order valence-electron chi connectivity index (χ2n) is 6.89. The first-order valence-corrected chi connectivity index (χ1v) is 10.1. The molecule has 0 saturated heterocycles. The zero-order valence-electron chi connectivity index (χ0n) is 17.5. The fraction of sp³-hybridized carbons (Fsp3) is 0.167. The Kier molecular flexibility index (Phi) is 7.53. The van der Waals surface area contributed by atoms with Gasteiger partial charge in [0.05, 0.1) is 17.7 Å². The summed E-state index contributed by atoms with van der Waals surface area (Å²) in [6, 6.07) is 19.2. The lowest BCUT2D eigenvalue weighted by molar-refractivity contribution is -0.123. The zero-order chi connectivity index (χ0) is 22.9. The number of hydrogen-bond donors (Lipinski definition) is 3. The van der Waals surface area contributed by atoms with Crippen LogP contribution in [0, 0.1) is 0 Å². The molecule has 0 saturated carbocycles. The predicted octanol–water partition coefficient (Wildman–Crippen LogP) is 3.02. The SMILES string of the molecule is CCNC(=O)NC(=O)COC(=O)c1ccccc1NC(=O)Cc1cccc2ccccc12. The van der Waals surface area contributed by atoms with E-state index in [2.05, 4.69) is 10.6 Å². The van der Waals surface area contributed by atoms with E-state index >= 15 is 0 Å². The maximum absolute atomic E-state index is 12.7. The fourth-order valence-corrected chi connectivity index (χ4v) is 3.16. The third-order valence-electron chi connectivity index (χ3n) is 4.58. The number of anilines is 1. The number of esters is 1. The van der Waals surface area contributed by atoms with Gasteiger partial charge in [0.25, 0.3) is 5.91 Å². The van der Waals surface area contributed by atoms with E-state index < -0.39 is 24.5 Å². The van der Waals surface area contributed by atoms with Gasteiger partial charge in [-0.05, 0) is 35.4 Å². The lowest BCUT2D eigenvalue weighted by Gasteiger charge is -2.12. The molecule has 8 nitrogen and oxygen atoms in total. The number of hydrogen-bond acceptors (Lipinski definition) is 5. The van der Waals surface area contributed by atoms with Crippen molar-refractivity contribution in [3.05, 3.63) is 77.9 Å². The first kappa shape index (κ1) is 22.5. The molecule has 0 atom stereocenters. The van der Waals surface area contributed by atoms with Crippen molar-refractivity contribution < 1.29 is 23.9 Å². The lowest BCUT2D eigenvalue weighted by atomic mass is 10.0. The second kappa shape index (κ2) is 10.7. The summed E-state index contributed by atoms with van der Waals surface area (Å²) < 4.78 is 4.98. The van der Waals surface area contributed by atoms with Crippen LogP contribution in [0.5, 0.6) is 0 Å². The molecule has 0 spiro atoms. The molecule has 0 aliphatic carbocycles. The van der Waals surface area contributed by atoms with Crippen molar-refractivity contribution in [2.24, 2.45) is 0 Å². The van der Waals surface area contributed by atoms with E-state index in [1.165, 1.54) is 6.07 Å². The Morgan fingerprint density at radius 1 is 0.844 bits per heavy atom. The summed E-state index contributed by atoms with van der Waals surface area (Å²) in [5.74, 6) is -1.85. The van der Waals surface area contributed by atoms with Gasteiger partial charge >= 0.3 is 12.0 Å². The number of rotatable bonds is 7. The molecule has 3 aromatic carbocycles. The Hall–Kier alpha value is -4.20. The van der Waals surface area contributed by atoms with Crippen molar-refractivity contribution in [3.8, 4) is 0 Å². The number of imide groups is 1. The van der Waals surface area contributed by atoms with Gasteiger partial charge in [-0.1, -0.05) is 54.6 Å². The lowest BCUT2D eigenvalue weighted by Crippen LogP contribution is -2.41. The molecular weight excluding hydrogens is 410 g/mol. The number of benzene rings is 3. The van der Waals surface area contributed by atoms with Crippen molar-refractivity contribution in [2.75, 3.05) is 18.5 Å². The maximum atomic E-state index is 12.7. The predicted molar refractivity (Wildman–Crippen MR) is 120 cm³/mol. The van der Waals surface area contributed by atoms with Crippen LogP contribution < -0.4 is 16.0 Å². The molecule has 0 aliphatic rings. The normalized spacial score (nSPS) is 10.3. The molecule has 3 N–H and O–H groups in total. The number of carbonyl (C=O) groups excluding carboxylic acids is 4. The van der Waals surface area contributed by atoms with Crippen LogP contribution in [-0.4, -0.2) is 37.0 Å². The number of carbonyl (C=O) groups is 4. The summed E-state index contributed by atoms with van der Waals surface area (Å²) in [5.41, 5.74) is 1.24. The molecule has 0 heterocycles. The molecule has 0 radical (unpaired) electrons. The maximum Gasteiger partial charge on any atom is 0.340 e. The molecule has 32 heavy (non-hydrogen) atoms. The van der Waals surface area contributed by atoms with Crippen molar-refractivity contribution in [3.63, 3.8) is 0 Å². The molecule has 3 rings (SSSR count). The van der Waals surface area contributed by atoms with Gasteiger partial charge in [0.1, 0.15) is 0 Å². The van der Waals surface area contributed by atoms with Crippen LogP contribution in [0.15, 0.2) is 66.7 Å². The van der Waals surface area contributed by atoms with Crippen molar-refractivity contribution >= 4 is 40.3 Å². The summed E-state index contributed by atoms with van der Waals surface area (Å²) in [5, 5.41) is 9.19. The topological polar surface area (TPSA) is 114 Å². The van der Waals surface area contributed by atoms with Crippen molar-refractivity contribution in [1.82, 2.24) is 10.6 Å². The number of fused-ring (bicyclic) bond motifs is 1. The Labute approximate surface area is 184 Å². The highest BCUT2D eigenvalue weighted by atomic mass is 16.5. The average molecular weight is 433 g/mol. The van der Waals surface area contributed by atoms with Gasteiger partial charge in [0.2, 0.25) is 5.91 Å². The van der Waals surface area contributed by atoms with Crippen molar-refractivity contribution in [1.29, 1.82) is 0 Å². The Bertz CT molecular complexity index is 1150. The first-order valence-electron chi connectivity index (χ1n) is 10.1. The van der Waals surface area contributed by atoms with Gasteiger partial charge in [-0.3, -0.25) is 14.9 Å². The summed E-state index contributed by atoms with van der Waals surface area (Å²) >= 11 is 0. The van der Waals surface area contributed by atoms with Crippen LogP contribution in [0.4, 0.5) is 10.5 Å². The van der Waals surface area contributed by atoms with E-state index in [0.717, 1.165) is 16.3 Å². The Morgan fingerprint density at radius 2 is 1.56 bits per heavy atom. The van der Waals surface area contributed by atoms with E-state index in [1.54, 1.807) is 25.1 Å². The minimum Gasteiger partial charge on any atom is -0.452 e. The van der Waals surface area contributed by atoms with Crippen LogP contribution in [0.25, 0.3) is 10.8 Å². The quantitative estimate of drug-likeness (QED) is 0.496. The van der Waals surface area contributed by atoms with Crippen LogP contribution in [0.3, 0.4) is 0 Å². The summed E-state index contributed by atoms with van der Waals surface area (Å²) in [7, 11) is 0. The van der Waals surface area contributed by atoms with Crippen LogP contribution in [0.2, 0.25) is 0 Å². The first-order chi connectivity index (χ1) is 15.5. The van der Waals surface area contributed by atoms with Crippen LogP contribution in [-0.2, 0) is 20.7 Å². The third-order valence-corrected chi connectivity index (χ3v) is 4.58. The largest absolute Gasteiger partial charge is 0.452 e. The minimum atomic E-state index is -0.794. The monoisotopic (exact) mass is 433 g/mol. The van der Waals surface area contributed by atoms with E-state index in [4.69, 9.17) is 4.74 Å². The molecule has 0 fully saturated rings. The Morgan fingerprint density at radius 3 is 2.38 bits per heavy atom. The highest BCUT2D eigenvalue weighted by Gasteiger charge is 2.17. The molecule has 8 heteroatoms. The molecule has 4 amide bonds. The zero-order valence-corrected chi connectivity index (χ0v) is 17.5. The number of ether oxygens (including phenoxy) is 1. The van der Waals surface area contributed by atoms with Crippen LogP contribution in [0.1, 0.15) is 22.8 Å². The van der Waals surface area contributed by atoms with E-state index in [1.807, 2.05) is 47.8 Å². The highest BCUT2D eigenvalue weighted by molar-refractivity contribution is 6.03. The van der Waals surface area contributed by atoms with Crippen molar-refractivity contribution in [2.45, 2.75) is 13.3 Å². The van der Waals surface area contributed by atoms with Gasteiger partial charge in [0, 0.05) is 6.54 Å². The van der Waals surface area contributed by atoms with Gasteiger partial charge in [-0.2, -0.15) is 0 Å². The van der Waals surface area contributed by atoms with Gasteiger partial charge < -0.3 is 15.4 Å². The third kappa shape index (κ3) is 5.91. The van der Waals surface area contributed by atoms with Gasteiger partial charge in [-0.15, -0.1) is 0 Å². The Balaban J connectivity index is 1.64. The number of urea groups is 1. The molecule has 0 aromatic heterocycles. The second-order valence-corrected chi connectivity index (χ2v) is 6.89. The molecule has 0 bridgehead atoms. The number of para-hydroxylation sites is 1. The van der Waals surface area contributed by atoms with Crippen LogP contribution >= 0.6 is 0 Å². The fourth-order valence-electron chi connectivity index (χ4n) is 3.16. The number of nitrogens with one attached hydrogen (secondary N) is 3. The molecular formula is C24H23N3O5. The van der Waals surface area contributed by atoms with Gasteiger partial charge in [-0.25, -0.2) is 9.59 Å². The smallest absolute Gasteiger partial charge is 0.340 e. The van der Waals surface area contributed by atoms with Gasteiger partial charge in [0.15, 0.2) is 6.61 Å². The molecule has 0 aliphatic heterocycles. The standard InChI is InChI=1S/C24H23N3O5/c1-2-25-24(31)27-22(29)15-32-23(30)19-12-5-6-13-20(19)26-21(28)14-17-10-7-9-16-8-3-4-11-18(16)17/h3-13H,2,14-15H2,1H3,(H,26,28)(H2,25,27,29,31).